The Kier molecular flexibility index (Phi) is 3.50. The minimum Gasteiger partial charge on any atom is -0.437 e. The molecule has 0 spiro atoms. The number of hydrogen-bond acceptors (Lipinski definition) is 5. The van der Waals surface area contributed by atoms with E-state index in [1.54, 1.807) is 12.1 Å². The van der Waals surface area contributed by atoms with Crippen molar-refractivity contribution < 1.29 is 9.13 Å². The third-order valence-corrected chi connectivity index (χ3v) is 2.52. The monoisotopic (exact) mass is 298 g/mol. The molecule has 3 N–H and O–H groups in total. The normalized spacial score (nSPS) is 10.1. The van der Waals surface area contributed by atoms with Crippen molar-refractivity contribution in [2.45, 2.75) is 0 Å². The van der Waals surface area contributed by atoms with Gasteiger partial charge in [-0.3, -0.25) is 4.98 Å². The summed E-state index contributed by atoms with van der Waals surface area (Å²) in [6.45, 7) is 0. The Morgan fingerprint density at radius 1 is 1.35 bits per heavy atom. The summed E-state index contributed by atoms with van der Waals surface area (Å²) in [6.07, 6.45) is 2.84. The second-order valence-electron chi connectivity index (χ2n) is 3.06. The summed E-state index contributed by atoms with van der Waals surface area (Å²) in [4.78, 5) is 7.84. The summed E-state index contributed by atoms with van der Waals surface area (Å²) >= 11 is 3.05. The van der Waals surface area contributed by atoms with Crippen molar-refractivity contribution in [1.82, 2.24) is 9.97 Å². The third-order valence-electron chi connectivity index (χ3n) is 1.87. The van der Waals surface area contributed by atoms with Crippen LogP contribution in [0.15, 0.2) is 35.1 Å². The van der Waals surface area contributed by atoms with Gasteiger partial charge in [0.2, 0.25) is 5.88 Å². The first-order valence-electron chi connectivity index (χ1n) is 4.60. The van der Waals surface area contributed by atoms with Crippen LogP contribution in [-0.2, 0) is 0 Å². The molecule has 7 heteroatoms. The van der Waals surface area contributed by atoms with Crippen molar-refractivity contribution in [3.05, 3.63) is 40.9 Å². The van der Waals surface area contributed by atoms with Crippen LogP contribution in [0.1, 0.15) is 0 Å². The van der Waals surface area contributed by atoms with Gasteiger partial charge in [0.1, 0.15) is 11.6 Å². The number of nitrogens with two attached hydrogens (primary N) is 1. The number of rotatable bonds is 3. The highest BCUT2D eigenvalue weighted by atomic mass is 79.9. The maximum absolute atomic E-state index is 13.2. The van der Waals surface area contributed by atoms with Gasteiger partial charge in [-0.15, -0.1) is 0 Å². The number of ether oxygens (including phenoxy) is 1. The molecule has 17 heavy (non-hydrogen) atoms. The highest BCUT2D eigenvalue weighted by Gasteiger charge is 2.04. The smallest absolute Gasteiger partial charge is 0.239 e. The van der Waals surface area contributed by atoms with Crippen LogP contribution in [0.4, 0.5) is 10.2 Å². The maximum atomic E-state index is 13.2. The lowest BCUT2D eigenvalue weighted by Crippen LogP contribution is -2.09. The van der Waals surface area contributed by atoms with Gasteiger partial charge in [0.05, 0.1) is 16.9 Å². The summed E-state index contributed by atoms with van der Waals surface area (Å²) in [5.41, 5.74) is 2.34. The highest BCUT2D eigenvalue weighted by Crippen LogP contribution is 2.24. The number of hydrogen-bond donors (Lipinski definition) is 2. The highest BCUT2D eigenvalue weighted by molar-refractivity contribution is 9.10. The van der Waals surface area contributed by atoms with Crippen molar-refractivity contribution >= 4 is 21.7 Å². The van der Waals surface area contributed by atoms with Crippen LogP contribution in [0.5, 0.6) is 11.6 Å². The van der Waals surface area contributed by atoms with Gasteiger partial charge >= 0.3 is 0 Å². The number of halogens is 2. The Balaban J connectivity index is 2.22. The van der Waals surface area contributed by atoms with E-state index in [-0.39, 0.29) is 5.88 Å². The maximum Gasteiger partial charge on any atom is 0.239 e. The molecule has 1 aromatic carbocycles. The molecule has 1 heterocycles. The van der Waals surface area contributed by atoms with Crippen LogP contribution in [0.3, 0.4) is 0 Å². The molecule has 0 saturated heterocycles. The van der Waals surface area contributed by atoms with E-state index in [4.69, 9.17) is 10.6 Å². The molecule has 0 amide bonds. The van der Waals surface area contributed by atoms with E-state index in [2.05, 4.69) is 31.3 Å². The molecule has 0 saturated carbocycles. The van der Waals surface area contributed by atoms with Crippen LogP contribution in [0.2, 0.25) is 0 Å². The molecule has 0 bridgehead atoms. The quantitative estimate of drug-likeness (QED) is 0.673. The average molecular weight is 299 g/mol. The topological polar surface area (TPSA) is 73.1 Å². The molecule has 0 aliphatic rings. The minimum absolute atomic E-state index is 0.224. The number of aromatic nitrogens is 2. The number of hydrazine groups is 1. The van der Waals surface area contributed by atoms with E-state index >= 15 is 0 Å². The van der Waals surface area contributed by atoms with Gasteiger partial charge in [0.15, 0.2) is 5.82 Å². The second kappa shape index (κ2) is 5.07. The van der Waals surface area contributed by atoms with Crippen molar-refractivity contribution in [3.8, 4) is 11.6 Å². The zero-order chi connectivity index (χ0) is 12.3. The van der Waals surface area contributed by atoms with Gasteiger partial charge < -0.3 is 10.2 Å². The first-order valence-corrected chi connectivity index (χ1v) is 5.40. The van der Waals surface area contributed by atoms with Gasteiger partial charge in [0.25, 0.3) is 0 Å². The van der Waals surface area contributed by atoms with E-state index in [1.807, 2.05) is 0 Å². The molecule has 88 valence electrons. The van der Waals surface area contributed by atoms with E-state index in [0.29, 0.717) is 16.0 Å². The van der Waals surface area contributed by atoms with Crippen molar-refractivity contribution in [2.24, 2.45) is 5.84 Å². The average Bonchev–Trinajstić information content (AvgIpc) is 2.34. The van der Waals surface area contributed by atoms with Crippen LogP contribution < -0.4 is 16.0 Å². The van der Waals surface area contributed by atoms with Crippen molar-refractivity contribution in [2.75, 3.05) is 5.43 Å². The molecular weight excluding hydrogens is 291 g/mol. The third kappa shape index (κ3) is 2.89. The molecule has 0 aliphatic carbocycles. The Labute approximate surface area is 105 Å². The molecule has 5 nitrogen and oxygen atoms in total. The molecule has 0 fully saturated rings. The van der Waals surface area contributed by atoms with Crippen molar-refractivity contribution in [3.63, 3.8) is 0 Å². The van der Waals surface area contributed by atoms with Crippen LogP contribution in [-0.4, -0.2) is 9.97 Å². The Hall–Kier alpha value is -1.73. The molecular formula is C10H8BrFN4O. The SMILES string of the molecule is NNc1cncc(Oc2ccc(Br)c(F)c2)n1. The zero-order valence-electron chi connectivity index (χ0n) is 8.52. The zero-order valence-corrected chi connectivity index (χ0v) is 10.1. The number of anilines is 1. The molecule has 2 rings (SSSR count). The van der Waals surface area contributed by atoms with E-state index in [1.165, 1.54) is 18.5 Å². The summed E-state index contributed by atoms with van der Waals surface area (Å²) in [5, 5.41) is 0. The number of benzene rings is 1. The minimum atomic E-state index is -0.413. The van der Waals surface area contributed by atoms with Gasteiger partial charge in [0, 0.05) is 6.07 Å². The lowest BCUT2D eigenvalue weighted by atomic mass is 10.3. The Morgan fingerprint density at radius 2 is 2.18 bits per heavy atom. The molecule has 1 aromatic heterocycles. The first-order chi connectivity index (χ1) is 8.19. The Bertz CT molecular complexity index is 537. The van der Waals surface area contributed by atoms with Gasteiger partial charge in [-0.25, -0.2) is 10.2 Å². The summed E-state index contributed by atoms with van der Waals surface area (Å²) in [7, 11) is 0. The Morgan fingerprint density at radius 3 is 2.88 bits per heavy atom. The molecule has 0 aliphatic heterocycles. The lowest BCUT2D eigenvalue weighted by molar-refractivity contribution is 0.455. The standard InChI is InChI=1S/C10H8BrFN4O/c11-7-2-1-6(3-8(7)12)17-10-5-14-4-9(15-10)16-13/h1-5H,13H2,(H,15,16). The predicted octanol–water partition coefficient (Wildman–Crippen LogP) is 2.46. The molecule has 0 unspecified atom stereocenters. The molecule has 2 aromatic rings. The fraction of sp³-hybridized carbons (Fsp3) is 0. The number of nitrogen functional groups attached to an aromatic ring is 1. The molecule has 0 atom stereocenters. The second-order valence-corrected chi connectivity index (χ2v) is 3.92. The van der Waals surface area contributed by atoms with E-state index < -0.39 is 5.82 Å². The number of nitrogens with one attached hydrogen (secondary N) is 1. The summed E-state index contributed by atoms with van der Waals surface area (Å²) in [5.74, 6) is 5.68. The predicted molar refractivity (Wildman–Crippen MR) is 64.0 cm³/mol. The lowest BCUT2D eigenvalue weighted by Gasteiger charge is -2.06. The fourth-order valence-electron chi connectivity index (χ4n) is 1.13. The number of nitrogens with zero attached hydrogens (tertiary/aromatic N) is 2. The van der Waals surface area contributed by atoms with Crippen molar-refractivity contribution in [1.29, 1.82) is 0 Å². The first kappa shape index (κ1) is 11.7. The summed E-state index contributed by atoms with van der Waals surface area (Å²) < 4.78 is 18.9. The molecule has 0 radical (unpaired) electrons. The van der Waals surface area contributed by atoms with Gasteiger partial charge in [-0.1, -0.05) is 0 Å². The summed E-state index contributed by atoms with van der Waals surface area (Å²) in [6, 6.07) is 4.40. The van der Waals surface area contributed by atoms with E-state index in [0.717, 1.165) is 0 Å². The largest absolute Gasteiger partial charge is 0.437 e. The van der Waals surface area contributed by atoms with Crippen LogP contribution in [0.25, 0.3) is 0 Å². The van der Waals surface area contributed by atoms with Gasteiger partial charge in [-0.05, 0) is 28.1 Å². The van der Waals surface area contributed by atoms with Crippen LogP contribution >= 0.6 is 15.9 Å². The van der Waals surface area contributed by atoms with Crippen LogP contribution in [0, 0.1) is 5.82 Å². The fourth-order valence-corrected chi connectivity index (χ4v) is 1.37. The van der Waals surface area contributed by atoms with Gasteiger partial charge in [-0.2, -0.15) is 4.98 Å². The van der Waals surface area contributed by atoms with E-state index in [9.17, 15) is 4.39 Å².